The highest BCUT2D eigenvalue weighted by Crippen LogP contribution is 2.48. The van der Waals surface area contributed by atoms with E-state index in [9.17, 15) is 0 Å². The molecular formula is C14H18NO. The Morgan fingerprint density at radius 3 is 2.50 bits per heavy atom. The summed E-state index contributed by atoms with van der Waals surface area (Å²) in [5.41, 5.74) is 1.95. The summed E-state index contributed by atoms with van der Waals surface area (Å²) in [6.07, 6.45) is 2.68. The Bertz CT molecular complexity index is 339. The molecule has 1 aliphatic carbocycles. The van der Waals surface area contributed by atoms with Crippen LogP contribution in [0.15, 0.2) is 24.3 Å². The lowest BCUT2D eigenvalue weighted by Crippen LogP contribution is -2.41. The maximum Gasteiger partial charge on any atom is 0.0594 e. The van der Waals surface area contributed by atoms with Gasteiger partial charge in [0.15, 0.2) is 0 Å². The van der Waals surface area contributed by atoms with Crippen molar-refractivity contribution in [2.24, 2.45) is 0 Å². The van der Waals surface area contributed by atoms with Gasteiger partial charge in [0, 0.05) is 25.0 Å². The van der Waals surface area contributed by atoms with E-state index in [4.69, 9.17) is 4.74 Å². The normalized spacial score (nSPS) is 24.2. The molecule has 0 aromatic heterocycles. The fourth-order valence-corrected chi connectivity index (χ4v) is 2.62. The maximum absolute atomic E-state index is 5.39. The van der Waals surface area contributed by atoms with E-state index in [0.717, 1.165) is 26.3 Å². The molecule has 0 N–H and O–H groups in total. The van der Waals surface area contributed by atoms with Crippen LogP contribution in [0.4, 0.5) is 0 Å². The second kappa shape index (κ2) is 4.19. The first-order valence-corrected chi connectivity index (χ1v) is 6.16. The Balaban J connectivity index is 1.69. The van der Waals surface area contributed by atoms with Crippen LogP contribution >= 0.6 is 0 Å². The minimum atomic E-state index is 0.451. The topological polar surface area (TPSA) is 12.5 Å². The number of benzene rings is 1. The van der Waals surface area contributed by atoms with Gasteiger partial charge in [-0.2, -0.15) is 0 Å². The molecule has 2 heteroatoms. The first kappa shape index (κ1) is 10.3. The minimum Gasteiger partial charge on any atom is -0.379 e. The van der Waals surface area contributed by atoms with Gasteiger partial charge in [-0.25, -0.2) is 0 Å². The predicted molar refractivity (Wildman–Crippen MR) is 63.4 cm³/mol. The molecule has 1 aromatic rings. The number of nitrogens with zero attached hydrogens (tertiary/aromatic N) is 1. The van der Waals surface area contributed by atoms with E-state index in [1.54, 1.807) is 0 Å². The highest BCUT2D eigenvalue weighted by atomic mass is 16.5. The maximum atomic E-state index is 5.39. The van der Waals surface area contributed by atoms with Gasteiger partial charge < -0.3 is 4.74 Å². The van der Waals surface area contributed by atoms with E-state index in [2.05, 4.69) is 23.1 Å². The molecule has 85 valence electrons. The van der Waals surface area contributed by atoms with Gasteiger partial charge in [-0.05, 0) is 24.5 Å². The largest absolute Gasteiger partial charge is 0.379 e. The fourth-order valence-electron chi connectivity index (χ4n) is 2.62. The molecule has 1 heterocycles. The van der Waals surface area contributed by atoms with Crippen molar-refractivity contribution in [1.82, 2.24) is 4.90 Å². The van der Waals surface area contributed by atoms with Crippen LogP contribution < -0.4 is 0 Å². The first-order valence-electron chi connectivity index (χ1n) is 6.16. The molecule has 0 spiro atoms. The average Bonchev–Trinajstić information content (AvgIpc) is 3.13. The van der Waals surface area contributed by atoms with E-state index in [1.807, 2.05) is 12.1 Å². The van der Waals surface area contributed by atoms with Gasteiger partial charge in [0.05, 0.1) is 13.2 Å². The van der Waals surface area contributed by atoms with E-state index >= 15 is 0 Å². The quantitative estimate of drug-likeness (QED) is 0.764. The molecule has 0 unspecified atom stereocenters. The molecule has 1 saturated heterocycles. The Morgan fingerprint density at radius 2 is 1.88 bits per heavy atom. The van der Waals surface area contributed by atoms with Crippen LogP contribution in [0.25, 0.3) is 0 Å². The smallest absolute Gasteiger partial charge is 0.0594 e. The van der Waals surface area contributed by atoms with Crippen LogP contribution in [0.1, 0.15) is 18.4 Å². The molecule has 3 rings (SSSR count). The third-order valence-electron chi connectivity index (χ3n) is 3.81. The van der Waals surface area contributed by atoms with Gasteiger partial charge >= 0.3 is 0 Å². The summed E-state index contributed by atoms with van der Waals surface area (Å²) >= 11 is 0. The van der Waals surface area contributed by atoms with Crippen molar-refractivity contribution in [2.45, 2.75) is 18.3 Å². The summed E-state index contributed by atoms with van der Waals surface area (Å²) < 4.78 is 5.39. The van der Waals surface area contributed by atoms with Crippen molar-refractivity contribution >= 4 is 0 Å². The van der Waals surface area contributed by atoms with Crippen molar-refractivity contribution in [2.75, 3.05) is 32.8 Å². The highest BCUT2D eigenvalue weighted by Gasteiger charge is 2.45. The number of ether oxygens (including phenoxy) is 1. The molecule has 1 aromatic carbocycles. The zero-order valence-electron chi connectivity index (χ0n) is 9.61. The zero-order valence-corrected chi connectivity index (χ0v) is 9.61. The third kappa shape index (κ3) is 2.00. The van der Waals surface area contributed by atoms with E-state index in [0.29, 0.717) is 5.41 Å². The Morgan fingerprint density at radius 1 is 1.19 bits per heavy atom. The molecule has 0 atom stereocenters. The first-order chi connectivity index (χ1) is 7.89. The summed E-state index contributed by atoms with van der Waals surface area (Å²) in [5.74, 6) is 0. The van der Waals surface area contributed by atoms with E-state index in [1.165, 1.54) is 24.9 Å². The predicted octanol–water partition coefficient (Wildman–Crippen LogP) is 1.85. The van der Waals surface area contributed by atoms with Crippen molar-refractivity contribution in [1.29, 1.82) is 0 Å². The molecule has 2 fully saturated rings. The lowest BCUT2D eigenvalue weighted by molar-refractivity contribution is 0.0336. The molecule has 0 amide bonds. The molecule has 1 saturated carbocycles. The molecule has 2 aliphatic rings. The third-order valence-corrected chi connectivity index (χ3v) is 3.81. The van der Waals surface area contributed by atoms with Crippen molar-refractivity contribution < 1.29 is 4.74 Å². The summed E-state index contributed by atoms with van der Waals surface area (Å²) in [4.78, 5) is 2.55. The van der Waals surface area contributed by atoms with Crippen molar-refractivity contribution in [3.05, 3.63) is 35.9 Å². The van der Waals surface area contributed by atoms with Gasteiger partial charge in [0.25, 0.3) is 0 Å². The summed E-state index contributed by atoms with van der Waals surface area (Å²) in [5, 5.41) is 0. The SMILES string of the molecule is [c]1ccc(C2(CN3CCOCC3)CC2)cc1. The number of hydrogen-bond acceptors (Lipinski definition) is 2. The van der Waals surface area contributed by atoms with Crippen LogP contribution in [-0.2, 0) is 10.2 Å². The molecule has 16 heavy (non-hydrogen) atoms. The summed E-state index contributed by atoms with van der Waals surface area (Å²) in [6, 6.07) is 11.6. The molecule has 1 radical (unpaired) electrons. The number of rotatable bonds is 3. The molecule has 2 nitrogen and oxygen atoms in total. The lowest BCUT2D eigenvalue weighted by atomic mass is 9.95. The number of hydrogen-bond donors (Lipinski definition) is 0. The summed E-state index contributed by atoms with van der Waals surface area (Å²) in [7, 11) is 0. The van der Waals surface area contributed by atoms with E-state index in [-0.39, 0.29) is 0 Å². The lowest BCUT2D eigenvalue weighted by Gasteiger charge is -2.30. The highest BCUT2D eigenvalue weighted by molar-refractivity contribution is 5.31. The average molecular weight is 216 g/mol. The van der Waals surface area contributed by atoms with Gasteiger partial charge in [-0.1, -0.05) is 24.3 Å². The van der Waals surface area contributed by atoms with Crippen LogP contribution in [0.2, 0.25) is 0 Å². The van der Waals surface area contributed by atoms with Crippen LogP contribution in [0.5, 0.6) is 0 Å². The van der Waals surface area contributed by atoms with Gasteiger partial charge in [-0.15, -0.1) is 0 Å². The van der Waals surface area contributed by atoms with Gasteiger partial charge in [0.1, 0.15) is 0 Å². The molecular weight excluding hydrogens is 198 g/mol. The van der Waals surface area contributed by atoms with Crippen LogP contribution in [0, 0.1) is 6.07 Å². The standard InChI is InChI=1S/C14H18NO/c1-2-4-13(5-3-1)14(6-7-14)12-15-8-10-16-11-9-15/h2-5H,6-12H2. The van der Waals surface area contributed by atoms with E-state index < -0.39 is 0 Å². The Kier molecular flexibility index (Phi) is 2.70. The Hall–Kier alpha value is -0.860. The Labute approximate surface area is 97.2 Å². The fraction of sp³-hybridized carbons (Fsp3) is 0.571. The van der Waals surface area contributed by atoms with Crippen LogP contribution in [0.3, 0.4) is 0 Å². The second-order valence-electron chi connectivity index (χ2n) is 4.96. The van der Waals surface area contributed by atoms with Crippen LogP contribution in [-0.4, -0.2) is 37.7 Å². The second-order valence-corrected chi connectivity index (χ2v) is 4.96. The number of morpholine rings is 1. The van der Waals surface area contributed by atoms with Gasteiger partial charge in [-0.3, -0.25) is 4.90 Å². The van der Waals surface area contributed by atoms with Gasteiger partial charge in [0.2, 0.25) is 0 Å². The van der Waals surface area contributed by atoms with Crippen molar-refractivity contribution in [3.8, 4) is 0 Å². The monoisotopic (exact) mass is 216 g/mol. The molecule has 1 aliphatic heterocycles. The molecule has 0 bridgehead atoms. The minimum absolute atomic E-state index is 0.451. The zero-order chi connectivity index (χ0) is 10.8. The summed E-state index contributed by atoms with van der Waals surface area (Å²) in [6.45, 7) is 5.21. The van der Waals surface area contributed by atoms with Crippen molar-refractivity contribution in [3.63, 3.8) is 0 Å².